The van der Waals surface area contributed by atoms with Crippen LogP contribution in [0.15, 0.2) is 72.9 Å². The maximum atomic E-state index is 5.96. The van der Waals surface area contributed by atoms with Gasteiger partial charge < -0.3 is 9.47 Å². The Morgan fingerprint density at radius 3 is 2.30 bits per heavy atom. The number of hydrogen-bond acceptors (Lipinski definition) is 3. The molecule has 0 amide bonds. The van der Waals surface area contributed by atoms with Crippen molar-refractivity contribution in [3.05, 3.63) is 72.9 Å². The second-order valence-corrected chi connectivity index (χ2v) is 5.45. The third-order valence-corrected chi connectivity index (χ3v) is 3.24. The summed E-state index contributed by atoms with van der Waals surface area (Å²) >= 11 is 0. The van der Waals surface area contributed by atoms with E-state index in [-0.39, 0.29) is 6.10 Å². The molecule has 2 aromatic carbocycles. The molecule has 0 saturated carbocycles. The van der Waals surface area contributed by atoms with Crippen molar-refractivity contribution >= 4 is 0 Å². The number of rotatable bonds is 5. The zero-order chi connectivity index (χ0) is 16.1. The van der Waals surface area contributed by atoms with Gasteiger partial charge in [0.1, 0.15) is 17.2 Å². The van der Waals surface area contributed by atoms with Crippen LogP contribution < -0.4 is 9.47 Å². The highest BCUT2D eigenvalue weighted by Gasteiger charge is 2.11. The number of hydrogen-bond donors (Lipinski definition) is 0. The van der Waals surface area contributed by atoms with Gasteiger partial charge in [-0.15, -0.1) is 0 Å². The van der Waals surface area contributed by atoms with Crippen LogP contribution in [-0.2, 0) is 0 Å². The van der Waals surface area contributed by atoms with Gasteiger partial charge in [0.25, 0.3) is 0 Å². The third-order valence-electron chi connectivity index (χ3n) is 3.24. The second kappa shape index (κ2) is 6.97. The molecule has 0 radical (unpaired) electrons. The molecule has 0 spiro atoms. The molecule has 0 aliphatic rings. The quantitative estimate of drug-likeness (QED) is 0.638. The number of para-hydroxylation sites is 1. The van der Waals surface area contributed by atoms with Crippen LogP contribution >= 0.6 is 0 Å². The molecule has 0 saturated heterocycles. The van der Waals surface area contributed by atoms with Crippen molar-refractivity contribution in [3.63, 3.8) is 0 Å². The standard InChI is InChI=1S/C20H19NO2/c1-15(2)22-20-14-17(23-16-8-4-3-5-9-16)11-12-18(20)19-10-6-7-13-21-19/h3-15H,1-2H3. The topological polar surface area (TPSA) is 31.4 Å². The Labute approximate surface area is 136 Å². The molecule has 0 unspecified atom stereocenters. The van der Waals surface area contributed by atoms with Crippen molar-refractivity contribution in [1.29, 1.82) is 0 Å². The monoisotopic (exact) mass is 305 g/mol. The van der Waals surface area contributed by atoms with E-state index in [4.69, 9.17) is 9.47 Å². The van der Waals surface area contributed by atoms with Gasteiger partial charge in [0, 0.05) is 17.8 Å². The summed E-state index contributed by atoms with van der Waals surface area (Å²) in [5.41, 5.74) is 1.84. The van der Waals surface area contributed by atoms with Crippen LogP contribution in [0.4, 0.5) is 0 Å². The zero-order valence-electron chi connectivity index (χ0n) is 13.3. The average molecular weight is 305 g/mol. The van der Waals surface area contributed by atoms with Gasteiger partial charge in [0.05, 0.1) is 11.8 Å². The molecule has 3 heteroatoms. The molecule has 0 N–H and O–H groups in total. The number of nitrogens with zero attached hydrogens (tertiary/aromatic N) is 1. The van der Waals surface area contributed by atoms with Crippen LogP contribution in [0.1, 0.15) is 13.8 Å². The van der Waals surface area contributed by atoms with Crippen molar-refractivity contribution in [2.75, 3.05) is 0 Å². The maximum absolute atomic E-state index is 5.96. The Bertz CT molecular complexity index is 755. The predicted molar refractivity (Wildman–Crippen MR) is 92.0 cm³/mol. The Balaban J connectivity index is 1.95. The summed E-state index contributed by atoms with van der Waals surface area (Å²) in [6, 6.07) is 21.4. The number of aromatic nitrogens is 1. The Kier molecular flexibility index (Phi) is 4.57. The van der Waals surface area contributed by atoms with Crippen molar-refractivity contribution in [2.24, 2.45) is 0 Å². The highest BCUT2D eigenvalue weighted by molar-refractivity contribution is 5.68. The number of benzene rings is 2. The third kappa shape index (κ3) is 3.89. The Morgan fingerprint density at radius 2 is 1.61 bits per heavy atom. The van der Waals surface area contributed by atoms with Gasteiger partial charge in [0.2, 0.25) is 0 Å². The number of ether oxygens (including phenoxy) is 2. The summed E-state index contributed by atoms with van der Waals surface area (Å²) in [5.74, 6) is 2.31. The first-order chi connectivity index (χ1) is 11.2. The molecular formula is C20H19NO2. The fourth-order valence-electron chi connectivity index (χ4n) is 2.28. The van der Waals surface area contributed by atoms with Gasteiger partial charge >= 0.3 is 0 Å². The van der Waals surface area contributed by atoms with E-state index in [0.29, 0.717) is 0 Å². The Hall–Kier alpha value is -2.81. The number of pyridine rings is 1. The summed E-state index contributed by atoms with van der Waals surface area (Å²) in [6.07, 6.45) is 1.85. The van der Waals surface area contributed by atoms with E-state index < -0.39 is 0 Å². The van der Waals surface area contributed by atoms with Gasteiger partial charge in [-0.25, -0.2) is 0 Å². The van der Waals surface area contributed by atoms with Gasteiger partial charge in [-0.05, 0) is 50.2 Å². The van der Waals surface area contributed by atoms with E-state index >= 15 is 0 Å². The van der Waals surface area contributed by atoms with E-state index in [1.165, 1.54) is 0 Å². The molecule has 3 nitrogen and oxygen atoms in total. The fraction of sp³-hybridized carbons (Fsp3) is 0.150. The molecule has 116 valence electrons. The fourth-order valence-corrected chi connectivity index (χ4v) is 2.28. The highest BCUT2D eigenvalue weighted by Crippen LogP contribution is 2.34. The molecular weight excluding hydrogens is 286 g/mol. The molecule has 23 heavy (non-hydrogen) atoms. The summed E-state index contributed by atoms with van der Waals surface area (Å²) in [6.45, 7) is 4.01. The summed E-state index contributed by atoms with van der Waals surface area (Å²) < 4.78 is 11.8. The van der Waals surface area contributed by atoms with Crippen LogP contribution in [0.3, 0.4) is 0 Å². The minimum absolute atomic E-state index is 0.0736. The first-order valence-electron chi connectivity index (χ1n) is 7.67. The highest BCUT2D eigenvalue weighted by atomic mass is 16.5. The first kappa shape index (κ1) is 15.1. The van der Waals surface area contributed by atoms with Crippen LogP contribution in [0.5, 0.6) is 17.2 Å². The molecule has 0 atom stereocenters. The van der Waals surface area contributed by atoms with Gasteiger partial charge in [-0.1, -0.05) is 24.3 Å². The van der Waals surface area contributed by atoms with Crippen molar-refractivity contribution < 1.29 is 9.47 Å². The summed E-state index contributed by atoms with van der Waals surface area (Å²) in [5, 5.41) is 0. The predicted octanol–water partition coefficient (Wildman–Crippen LogP) is 5.33. The van der Waals surface area contributed by atoms with Gasteiger partial charge in [0.15, 0.2) is 0 Å². The second-order valence-electron chi connectivity index (χ2n) is 5.45. The molecule has 1 heterocycles. The largest absolute Gasteiger partial charge is 0.490 e. The smallest absolute Gasteiger partial charge is 0.132 e. The SMILES string of the molecule is CC(C)Oc1cc(Oc2ccccc2)ccc1-c1ccccn1. The van der Waals surface area contributed by atoms with E-state index in [1.54, 1.807) is 6.20 Å². The lowest BCUT2D eigenvalue weighted by Gasteiger charge is -2.15. The van der Waals surface area contributed by atoms with Crippen LogP contribution in [0, 0.1) is 0 Å². The molecule has 0 fully saturated rings. The summed E-state index contributed by atoms with van der Waals surface area (Å²) in [4.78, 5) is 4.41. The van der Waals surface area contributed by atoms with Crippen molar-refractivity contribution in [1.82, 2.24) is 4.98 Å². The van der Waals surface area contributed by atoms with Crippen LogP contribution in [-0.4, -0.2) is 11.1 Å². The van der Waals surface area contributed by atoms with E-state index in [1.807, 2.05) is 80.6 Å². The van der Waals surface area contributed by atoms with Crippen molar-refractivity contribution in [2.45, 2.75) is 20.0 Å². The van der Waals surface area contributed by atoms with E-state index in [0.717, 1.165) is 28.5 Å². The molecule has 1 aromatic heterocycles. The maximum Gasteiger partial charge on any atom is 0.132 e. The Morgan fingerprint density at radius 1 is 0.826 bits per heavy atom. The molecule has 0 bridgehead atoms. The summed E-state index contributed by atoms with van der Waals surface area (Å²) in [7, 11) is 0. The molecule has 3 rings (SSSR count). The minimum Gasteiger partial charge on any atom is -0.490 e. The first-order valence-corrected chi connectivity index (χ1v) is 7.67. The lowest BCUT2D eigenvalue weighted by atomic mass is 10.1. The molecule has 3 aromatic rings. The molecule has 0 aliphatic carbocycles. The lowest BCUT2D eigenvalue weighted by Crippen LogP contribution is -2.06. The van der Waals surface area contributed by atoms with Gasteiger partial charge in [-0.2, -0.15) is 0 Å². The molecule has 0 aliphatic heterocycles. The van der Waals surface area contributed by atoms with E-state index in [2.05, 4.69) is 4.98 Å². The van der Waals surface area contributed by atoms with Crippen LogP contribution in [0.2, 0.25) is 0 Å². The minimum atomic E-state index is 0.0736. The van der Waals surface area contributed by atoms with Gasteiger partial charge in [-0.3, -0.25) is 4.98 Å². The lowest BCUT2D eigenvalue weighted by molar-refractivity contribution is 0.242. The average Bonchev–Trinajstić information content (AvgIpc) is 2.56. The van der Waals surface area contributed by atoms with E-state index in [9.17, 15) is 0 Å². The zero-order valence-corrected chi connectivity index (χ0v) is 13.3. The normalized spacial score (nSPS) is 10.6. The van der Waals surface area contributed by atoms with Crippen LogP contribution in [0.25, 0.3) is 11.3 Å². The van der Waals surface area contributed by atoms with Crippen molar-refractivity contribution in [3.8, 4) is 28.5 Å².